The van der Waals surface area contributed by atoms with E-state index in [0.29, 0.717) is 0 Å². The van der Waals surface area contributed by atoms with Crippen LogP contribution in [0.15, 0.2) is 18.2 Å². The zero-order valence-corrected chi connectivity index (χ0v) is 11.4. The van der Waals surface area contributed by atoms with E-state index in [1.807, 2.05) is 16.8 Å². The number of aromatic nitrogens is 4. The van der Waals surface area contributed by atoms with Gasteiger partial charge in [-0.3, -0.25) is 0 Å². The Labute approximate surface area is 112 Å². The van der Waals surface area contributed by atoms with Crippen molar-refractivity contribution in [3.63, 3.8) is 0 Å². The molecule has 1 aromatic carbocycles. The predicted molar refractivity (Wildman–Crippen MR) is 74.5 cm³/mol. The number of hydrogen-bond donors (Lipinski definition) is 1. The first-order chi connectivity index (χ1) is 9.16. The van der Waals surface area contributed by atoms with E-state index in [0.717, 1.165) is 41.9 Å². The normalized spacial score (nSPS) is 17.2. The molecule has 0 spiro atoms. The number of hydrogen-bond acceptors (Lipinski definition) is 4. The lowest BCUT2D eigenvalue weighted by Crippen LogP contribution is -2.41. The van der Waals surface area contributed by atoms with Gasteiger partial charge >= 0.3 is 0 Å². The zero-order valence-electron chi connectivity index (χ0n) is 11.4. The van der Waals surface area contributed by atoms with Crippen LogP contribution >= 0.6 is 0 Å². The fourth-order valence-electron chi connectivity index (χ4n) is 2.84. The van der Waals surface area contributed by atoms with Crippen molar-refractivity contribution in [1.29, 1.82) is 0 Å². The summed E-state index contributed by atoms with van der Waals surface area (Å²) in [6.45, 7) is 4.25. The molecule has 2 N–H and O–H groups in total. The number of nitrogen functional groups attached to an aromatic ring is 1. The Morgan fingerprint density at radius 2 is 2.16 bits per heavy atom. The van der Waals surface area contributed by atoms with Gasteiger partial charge in [0.05, 0.1) is 5.54 Å². The molecule has 1 aliphatic carbocycles. The van der Waals surface area contributed by atoms with E-state index in [9.17, 15) is 0 Å². The van der Waals surface area contributed by atoms with Gasteiger partial charge in [0.2, 0.25) is 0 Å². The number of benzene rings is 1. The molecule has 1 fully saturated rings. The van der Waals surface area contributed by atoms with Gasteiger partial charge in [0.15, 0.2) is 5.82 Å². The molecular formula is C14H19N5. The fourth-order valence-corrected chi connectivity index (χ4v) is 2.84. The van der Waals surface area contributed by atoms with Gasteiger partial charge in [0.25, 0.3) is 0 Å². The highest BCUT2D eigenvalue weighted by Gasteiger charge is 2.40. The molecule has 0 amide bonds. The molecular weight excluding hydrogens is 238 g/mol. The molecule has 1 aromatic heterocycles. The predicted octanol–water partition coefficient (Wildman–Crippen LogP) is 2.52. The van der Waals surface area contributed by atoms with Gasteiger partial charge in [0.1, 0.15) is 0 Å². The summed E-state index contributed by atoms with van der Waals surface area (Å²) in [6, 6.07) is 5.98. The highest BCUT2D eigenvalue weighted by molar-refractivity contribution is 5.72. The van der Waals surface area contributed by atoms with Crippen LogP contribution in [-0.4, -0.2) is 20.2 Å². The Bertz CT molecular complexity index is 592. The molecule has 0 saturated heterocycles. The molecule has 5 heteroatoms. The van der Waals surface area contributed by atoms with E-state index < -0.39 is 0 Å². The second-order valence-corrected chi connectivity index (χ2v) is 5.44. The van der Waals surface area contributed by atoms with Crippen molar-refractivity contribution < 1.29 is 0 Å². The summed E-state index contributed by atoms with van der Waals surface area (Å²) in [5.41, 5.74) is 9.01. The zero-order chi connectivity index (χ0) is 13.5. The van der Waals surface area contributed by atoms with Crippen molar-refractivity contribution in [1.82, 2.24) is 20.2 Å². The van der Waals surface area contributed by atoms with Crippen molar-refractivity contribution in [3.8, 4) is 11.4 Å². The van der Waals surface area contributed by atoms with E-state index in [1.165, 1.54) is 6.42 Å². The van der Waals surface area contributed by atoms with Gasteiger partial charge in [0, 0.05) is 11.3 Å². The van der Waals surface area contributed by atoms with Crippen LogP contribution < -0.4 is 5.73 Å². The van der Waals surface area contributed by atoms with Gasteiger partial charge in [-0.1, -0.05) is 18.6 Å². The average molecular weight is 257 g/mol. The molecule has 3 rings (SSSR count). The average Bonchev–Trinajstić information content (AvgIpc) is 2.81. The summed E-state index contributed by atoms with van der Waals surface area (Å²) in [4.78, 5) is 0. The molecule has 0 radical (unpaired) electrons. The van der Waals surface area contributed by atoms with Gasteiger partial charge in [-0.05, 0) is 55.2 Å². The van der Waals surface area contributed by atoms with Crippen molar-refractivity contribution in [2.75, 3.05) is 5.73 Å². The summed E-state index contributed by atoms with van der Waals surface area (Å²) < 4.78 is 1.99. The second kappa shape index (κ2) is 4.33. The summed E-state index contributed by atoms with van der Waals surface area (Å²) in [5, 5.41) is 12.3. The van der Waals surface area contributed by atoms with Gasteiger partial charge in [-0.15, -0.1) is 5.10 Å². The second-order valence-electron chi connectivity index (χ2n) is 5.44. The van der Waals surface area contributed by atoms with E-state index in [1.54, 1.807) is 0 Å². The minimum absolute atomic E-state index is 0.0923. The first-order valence-corrected chi connectivity index (χ1v) is 6.82. The van der Waals surface area contributed by atoms with Crippen molar-refractivity contribution in [2.45, 2.75) is 45.1 Å². The van der Waals surface area contributed by atoms with E-state index in [2.05, 4.69) is 35.4 Å². The number of nitrogens with zero attached hydrogens (tertiary/aromatic N) is 4. The first kappa shape index (κ1) is 12.1. The lowest BCUT2D eigenvalue weighted by molar-refractivity contribution is 0.118. The number of aryl methyl sites for hydroxylation is 1. The van der Waals surface area contributed by atoms with Gasteiger partial charge in [-0.25, -0.2) is 4.68 Å². The SMILES string of the molecule is CCC1(n2nnnc2-c2cc(C)ccc2N)CCC1. The summed E-state index contributed by atoms with van der Waals surface area (Å²) in [6.07, 6.45) is 4.59. The Hall–Kier alpha value is -1.91. The third-order valence-corrected chi connectivity index (χ3v) is 4.31. The van der Waals surface area contributed by atoms with E-state index >= 15 is 0 Å². The highest BCUT2D eigenvalue weighted by atomic mass is 15.6. The molecule has 1 saturated carbocycles. The lowest BCUT2D eigenvalue weighted by atomic mass is 9.75. The number of anilines is 1. The van der Waals surface area contributed by atoms with E-state index in [-0.39, 0.29) is 5.54 Å². The Kier molecular flexibility index (Phi) is 2.77. The molecule has 1 heterocycles. The maximum absolute atomic E-state index is 6.08. The largest absolute Gasteiger partial charge is 0.398 e. The minimum atomic E-state index is 0.0923. The third-order valence-electron chi connectivity index (χ3n) is 4.31. The Morgan fingerprint density at radius 1 is 1.37 bits per heavy atom. The van der Waals surface area contributed by atoms with Crippen LogP contribution in [0.3, 0.4) is 0 Å². The van der Waals surface area contributed by atoms with Crippen molar-refractivity contribution in [2.24, 2.45) is 0 Å². The monoisotopic (exact) mass is 257 g/mol. The molecule has 2 aromatic rings. The third kappa shape index (κ3) is 1.80. The molecule has 5 nitrogen and oxygen atoms in total. The van der Waals surface area contributed by atoms with Gasteiger partial charge < -0.3 is 5.73 Å². The van der Waals surface area contributed by atoms with Crippen LogP contribution in [-0.2, 0) is 5.54 Å². The molecule has 19 heavy (non-hydrogen) atoms. The number of rotatable bonds is 3. The maximum atomic E-state index is 6.08. The molecule has 0 unspecified atom stereocenters. The Morgan fingerprint density at radius 3 is 2.79 bits per heavy atom. The maximum Gasteiger partial charge on any atom is 0.184 e. The number of nitrogens with two attached hydrogens (primary N) is 1. The summed E-state index contributed by atoms with van der Waals surface area (Å²) >= 11 is 0. The molecule has 1 aliphatic rings. The molecule has 0 atom stereocenters. The summed E-state index contributed by atoms with van der Waals surface area (Å²) in [7, 11) is 0. The van der Waals surface area contributed by atoms with Crippen LogP contribution in [0.25, 0.3) is 11.4 Å². The van der Waals surface area contributed by atoms with Crippen LogP contribution in [0.5, 0.6) is 0 Å². The highest BCUT2D eigenvalue weighted by Crippen LogP contribution is 2.43. The molecule has 100 valence electrons. The quantitative estimate of drug-likeness (QED) is 0.858. The first-order valence-electron chi connectivity index (χ1n) is 6.82. The van der Waals surface area contributed by atoms with Crippen molar-refractivity contribution >= 4 is 5.69 Å². The van der Waals surface area contributed by atoms with Crippen molar-refractivity contribution in [3.05, 3.63) is 23.8 Å². The molecule has 0 bridgehead atoms. The lowest BCUT2D eigenvalue weighted by Gasteiger charge is -2.41. The van der Waals surface area contributed by atoms with Crippen LogP contribution in [0.4, 0.5) is 5.69 Å². The van der Waals surface area contributed by atoms with Crippen LogP contribution in [0.1, 0.15) is 38.2 Å². The molecule has 0 aliphatic heterocycles. The van der Waals surface area contributed by atoms with Gasteiger partial charge in [-0.2, -0.15) is 0 Å². The minimum Gasteiger partial charge on any atom is -0.398 e. The standard InChI is InChI=1S/C14H19N5/c1-3-14(7-4-8-14)19-13(16-17-18-19)11-9-10(2)5-6-12(11)15/h5-6,9H,3-4,7-8,15H2,1-2H3. The fraction of sp³-hybridized carbons (Fsp3) is 0.500. The topological polar surface area (TPSA) is 69.6 Å². The smallest absolute Gasteiger partial charge is 0.184 e. The van der Waals surface area contributed by atoms with Crippen LogP contribution in [0.2, 0.25) is 0 Å². The van der Waals surface area contributed by atoms with E-state index in [4.69, 9.17) is 5.73 Å². The Balaban J connectivity index is 2.12. The number of tetrazole rings is 1. The summed E-state index contributed by atoms with van der Waals surface area (Å²) in [5.74, 6) is 0.794. The van der Waals surface area contributed by atoms with Crippen LogP contribution in [0, 0.1) is 6.92 Å².